The van der Waals surface area contributed by atoms with Gasteiger partial charge in [-0.05, 0) is 49.4 Å². The molecular formula is C18H14Cl2N2O2. The zero-order chi connectivity index (χ0) is 17.1. The number of nitrogens with one attached hydrogen (secondary N) is 1. The fourth-order valence-electron chi connectivity index (χ4n) is 2.26. The number of ether oxygens (including phenoxy) is 1. The van der Waals surface area contributed by atoms with Gasteiger partial charge in [0.2, 0.25) is 0 Å². The molecule has 6 heteroatoms. The maximum absolute atomic E-state index is 12.4. The summed E-state index contributed by atoms with van der Waals surface area (Å²) in [6, 6.07) is 14.1. The molecular weight excluding hydrogens is 347 g/mol. The Labute approximate surface area is 149 Å². The largest absolute Gasteiger partial charge is 0.479 e. The molecule has 0 aliphatic heterocycles. The van der Waals surface area contributed by atoms with Crippen LogP contribution in [-0.2, 0) is 4.79 Å². The van der Waals surface area contributed by atoms with E-state index in [2.05, 4.69) is 10.3 Å². The number of carbonyl (C=O) groups is 1. The van der Waals surface area contributed by atoms with E-state index in [4.69, 9.17) is 27.9 Å². The van der Waals surface area contributed by atoms with Crippen LogP contribution < -0.4 is 10.1 Å². The van der Waals surface area contributed by atoms with Gasteiger partial charge in [0.25, 0.3) is 5.91 Å². The second-order valence-electron chi connectivity index (χ2n) is 5.20. The van der Waals surface area contributed by atoms with Crippen LogP contribution in [0, 0.1) is 0 Å². The number of benzene rings is 2. The number of nitrogens with zero attached hydrogens (tertiary/aromatic N) is 1. The number of carbonyl (C=O) groups excluding carboxylic acids is 1. The predicted octanol–water partition coefficient (Wildman–Crippen LogP) is 4.95. The lowest BCUT2D eigenvalue weighted by molar-refractivity contribution is -0.122. The minimum Gasteiger partial charge on any atom is -0.479 e. The summed E-state index contributed by atoms with van der Waals surface area (Å²) in [7, 11) is 0. The molecule has 3 aromatic rings. The number of rotatable bonds is 4. The molecule has 0 saturated heterocycles. The van der Waals surface area contributed by atoms with Crippen LogP contribution in [0.2, 0.25) is 10.0 Å². The summed E-state index contributed by atoms with van der Waals surface area (Å²) in [5, 5.41) is 4.59. The van der Waals surface area contributed by atoms with E-state index in [-0.39, 0.29) is 5.91 Å². The Balaban J connectivity index is 1.76. The quantitative estimate of drug-likeness (QED) is 0.716. The van der Waals surface area contributed by atoms with Gasteiger partial charge < -0.3 is 10.1 Å². The van der Waals surface area contributed by atoms with E-state index in [1.807, 2.05) is 30.3 Å². The second-order valence-corrected chi connectivity index (χ2v) is 6.04. The van der Waals surface area contributed by atoms with E-state index in [0.717, 1.165) is 10.9 Å². The summed E-state index contributed by atoms with van der Waals surface area (Å²) in [5.41, 5.74) is 1.49. The highest BCUT2D eigenvalue weighted by molar-refractivity contribution is 6.35. The van der Waals surface area contributed by atoms with Crippen molar-refractivity contribution in [1.82, 2.24) is 4.98 Å². The average Bonchev–Trinajstić information content (AvgIpc) is 2.57. The summed E-state index contributed by atoms with van der Waals surface area (Å²) in [5.74, 6) is 0.126. The first-order chi connectivity index (χ1) is 11.5. The molecule has 0 spiro atoms. The van der Waals surface area contributed by atoms with Crippen LogP contribution >= 0.6 is 23.2 Å². The molecule has 1 heterocycles. The molecule has 1 amide bonds. The van der Waals surface area contributed by atoms with Gasteiger partial charge in [0.15, 0.2) is 6.10 Å². The first-order valence-electron chi connectivity index (χ1n) is 7.31. The summed E-state index contributed by atoms with van der Waals surface area (Å²) in [4.78, 5) is 16.7. The average molecular weight is 361 g/mol. The first-order valence-corrected chi connectivity index (χ1v) is 8.06. The highest BCUT2D eigenvalue weighted by Gasteiger charge is 2.17. The third-order valence-electron chi connectivity index (χ3n) is 3.47. The van der Waals surface area contributed by atoms with Crippen LogP contribution in [0.1, 0.15) is 6.92 Å². The lowest BCUT2D eigenvalue weighted by atomic mass is 10.2. The molecule has 24 heavy (non-hydrogen) atoms. The Kier molecular flexibility index (Phi) is 4.88. The second kappa shape index (κ2) is 7.07. The van der Waals surface area contributed by atoms with E-state index in [1.54, 1.807) is 31.3 Å². The summed E-state index contributed by atoms with van der Waals surface area (Å²) < 4.78 is 5.63. The van der Waals surface area contributed by atoms with Crippen molar-refractivity contribution >= 4 is 45.7 Å². The number of amides is 1. The Morgan fingerprint density at radius 2 is 2.00 bits per heavy atom. The van der Waals surface area contributed by atoms with Gasteiger partial charge in [0.1, 0.15) is 5.75 Å². The molecule has 2 aromatic carbocycles. The SMILES string of the molecule is C[C@@H](Oc1ccc(Cl)cc1Cl)C(=O)Nc1cccc2ncccc12. The Morgan fingerprint density at radius 1 is 1.17 bits per heavy atom. The maximum Gasteiger partial charge on any atom is 0.265 e. The van der Waals surface area contributed by atoms with Crippen molar-refractivity contribution in [3.63, 3.8) is 0 Å². The van der Waals surface area contributed by atoms with E-state index >= 15 is 0 Å². The van der Waals surface area contributed by atoms with E-state index in [1.165, 1.54) is 0 Å². The van der Waals surface area contributed by atoms with Gasteiger partial charge in [-0.25, -0.2) is 0 Å². The fourth-order valence-corrected chi connectivity index (χ4v) is 2.71. The minimum absolute atomic E-state index is 0.280. The zero-order valence-electron chi connectivity index (χ0n) is 12.8. The molecule has 0 bridgehead atoms. The molecule has 1 N–H and O–H groups in total. The third kappa shape index (κ3) is 3.61. The van der Waals surface area contributed by atoms with Crippen LogP contribution in [0.15, 0.2) is 54.7 Å². The highest BCUT2D eigenvalue weighted by Crippen LogP contribution is 2.28. The van der Waals surface area contributed by atoms with Crippen molar-refractivity contribution in [3.05, 3.63) is 64.8 Å². The van der Waals surface area contributed by atoms with Crippen LogP contribution in [0.5, 0.6) is 5.75 Å². The van der Waals surface area contributed by atoms with Crippen molar-refractivity contribution in [1.29, 1.82) is 0 Å². The maximum atomic E-state index is 12.4. The molecule has 0 aliphatic rings. The van der Waals surface area contributed by atoms with E-state index in [9.17, 15) is 4.79 Å². The fraction of sp³-hybridized carbons (Fsp3) is 0.111. The highest BCUT2D eigenvalue weighted by atomic mass is 35.5. The van der Waals surface area contributed by atoms with Gasteiger partial charge in [-0.15, -0.1) is 0 Å². The molecule has 1 atom stereocenters. The number of halogens is 2. The minimum atomic E-state index is -0.726. The number of hydrogen-bond acceptors (Lipinski definition) is 3. The van der Waals surface area contributed by atoms with Crippen molar-refractivity contribution in [2.45, 2.75) is 13.0 Å². The number of anilines is 1. The Bertz CT molecular complexity index is 894. The summed E-state index contributed by atoms with van der Waals surface area (Å²) >= 11 is 11.9. The van der Waals surface area contributed by atoms with Gasteiger partial charge in [0, 0.05) is 16.6 Å². The molecule has 0 saturated carbocycles. The molecule has 122 valence electrons. The molecule has 0 aliphatic carbocycles. The summed E-state index contributed by atoms with van der Waals surface area (Å²) in [6.07, 6.45) is 0.984. The zero-order valence-corrected chi connectivity index (χ0v) is 14.3. The van der Waals surface area contributed by atoms with Crippen LogP contribution in [0.4, 0.5) is 5.69 Å². The smallest absolute Gasteiger partial charge is 0.265 e. The standard InChI is InChI=1S/C18H14Cl2N2O2/c1-11(24-17-8-7-12(19)10-14(17)20)18(23)22-16-6-2-5-15-13(16)4-3-9-21-15/h2-11H,1H3,(H,22,23)/t11-/m1/s1. The van der Waals surface area contributed by atoms with Gasteiger partial charge >= 0.3 is 0 Å². The molecule has 0 fully saturated rings. The lowest BCUT2D eigenvalue weighted by Gasteiger charge is -2.16. The number of pyridine rings is 1. The molecule has 1 aromatic heterocycles. The number of hydrogen-bond donors (Lipinski definition) is 1. The summed E-state index contributed by atoms with van der Waals surface area (Å²) in [6.45, 7) is 1.66. The molecule has 4 nitrogen and oxygen atoms in total. The predicted molar refractivity (Wildman–Crippen MR) is 96.9 cm³/mol. The Morgan fingerprint density at radius 3 is 2.79 bits per heavy atom. The lowest BCUT2D eigenvalue weighted by Crippen LogP contribution is -2.30. The monoisotopic (exact) mass is 360 g/mol. The van der Waals surface area contributed by atoms with Gasteiger partial charge in [0.05, 0.1) is 16.2 Å². The van der Waals surface area contributed by atoms with Crippen molar-refractivity contribution in [2.24, 2.45) is 0 Å². The van der Waals surface area contributed by atoms with Crippen LogP contribution in [0.3, 0.4) is 0 Å². The van der Waals surface area contributed by atoms with Crippen LogP contribution in [-0.4, -0.2) is 17.0 Å². The van der Waals surface area contributed by atoms with Gasteiger partial charge in [-0.1, -0.05) is 29.3 Å². The van der Waals surface area contributed by atoms with Crippen molar-refractivity contribution in [3.8, 4) is 5.75 Å². The molecule has 3 rings (SSSR count). The van der Waals surface area contributed by atoms with Gasteiger partial charge in [-0.2, -0.15) is 0 Å². The third-order valence-corrected chi connectivity index (χ3v) is 4.00. The number of aromatic nitrogens is 1. The Hall–Kier alpha value is -2.30. The van der Waals surface area contributed by atoms with E-state index < -0.39 is 6.10 Å². The molecule has 0 radical (unpaired) electrons. The molecule has 0 unspecified atom stereocenters. The first kappa shape index (κ1) is 16.6. The van der Waals surface area contributed by atoms with Crippen molar-refractivity contribution in [2.75, 3.05) is 5.32 Å². The normalized spacial score (nSPS) is 12.0. The number of fused-ring (bicyclic) bond motifs is 1. The topological polar surface area (TPSA) is 51.2 Å². The van der Waals surface area contributed by atoms with Gasteiger partial charge in [-0.3, -0.25) is 9.78 Å². The van der Waals surface area contributed by atoms with Crippen molar-refractivity contribution < 1.29 is 9.53 Å². The van der Waals surface area contributed by atoms with Crippen LogP contribution in [0.25, 0.3) is 10.9 Å². The van der Waals surface area contributed by atoms with E-state index in [0.29, 0.717) is 21.5 Å².